The molecular formula is C21H21N3O4. The number of ether oxygens (including phenoxy) is 3. The Morgan fingerprint density at radius 1 is 0.964 bits per heavy atom. The molecule has 0 unspecified atom stereocenters. The van der Waals surface area contributed by atoms with Crippen LogP contribution >= 0.6 is 0 Å². The van der Waals surface area contributed by atoms with Gasteiger partial charge in [-0.1, -0.05) is 18.2 Å². The topological polar surface area (TPSA) is 81.7 Å². The number of nitrogens with one attached hydrogen (secondary N) is 2. The fraction of sp³-hybridized carbons (Fsp3) is 0.143. The molecule has 2 aromatic carbocycles. The number of hydrogen-bond acceptors (Lipinski definition) is 6. The number of anilines is 3. The van der Waals surface area contributed by atoms with Crippen molar-refractivity contribution in [3.05, 3.63) is 66.9 Å². The molecule has 0 saturated heterocycles. The van der Waals surface area contributed by atoms with Crippen molar-refractivity contribution in [1.82, 2.24) is 4.98 Å². The van der Waals surface area contributed by atoms with E-state index in [1.165, 1.54) is 0 Å². The molecule has 0 saturated carbocycles. The molecule has 0 radical (unpaired) electrons. The Morgan fingerprint density at radius 3 is 2.46 bits per heavy atom. The number of aromatic nitrogens is 1. The second kappa shape index (κ2) is 9.27. The fourth-order valence-corrected chi connectivity index (χ4v) is 2.45. The summed E-state index contributed by atoms with van der Waals surface area (Å²) in [6, 6.07) is 18.1. The van der Waals surface area contributed by atoms with Crippen molar-refractivity contribution in [2.75, 3.05) is 31.5 Å². The first kappa shape index (κ1) is 19.0. The number of nitrogens with zero attached hydrogens (tertiary/aromatic N) is 1. The number of amides is 1. The van der Waals surface area contributed by atoms with Crippen LogP contribution in [0.1, 0.15) is 0 Å². The predicted octanol–water partition coefficient (Wildman–Crippen LogP) is 3.86. The lowest BCUT2D eigenvalue weighted by Crippen LogP contribution is -2.20. The highest BCUT2D eigenvalue weighted by Crippen LogP contribution is 2.31. The number of carbonyl (C=O) groups excluding carboxylic acids is 1. The highest BCUT2D eigenvalue weighted by Gasteiger charge is 2.07. The van der Waals surface area contributed by atoms with Gasteiger partial charge >= 0.3 is 0 Å². The zero-order valence-electron chi connectivity index (χ0n) is 15.6. The lowest BCUT2D eigenvalue weighted by atomic mass is 10.2. The first-order valence-electron chi connectivity index (χ1n) is 8.61. The molecule has 0 atom stereocenters. The Kier molecular flexibility index (Phi) is 6.30. The number of hydrogen-bond donors (Lipinski definition) is 2. The maximum absolute atomic E-state index is 12.0. The molecule has 0 fully saturated rings. The Hall–Kier alpha value is -3.74. The minimum Gasteiger partial charge on any atom is -0.497 e. The molecule has 1 amide bonds. The SMILES string of the molecule is COc1ccc(OC)c(Nc2ccc(NC(=O)COc3ccccc3)cn2)c1. The maximum Gasteiger partial charge on any atom is 0.262 e. The molecule has 0 aliphatic carbocycles. The third-order valence-corrected chi connectivity index (χ3v) is 3.83. The summed E-state index contributed by atoms with van der Waals surface area (Å²) >= 11 is 0. The van der Waals surface area contributed by atoms with Crippen LogP contribution in [0.2, 0.25) is 0 Å². The van der Waals surface area contributed by atoms with Gasteiger partial charge in [-0.3, -0.25) is 4.79 Å². The van der Waals surface area contributed by atoms with Crippen molar-refractivity contribution in [3.8, 4) is 17.2 Å². The zero-order chi connectivity index (χ0) is 19.8. The Bertz CT molecular complexity index is 915. The molecule has 144 valence electrons. The number of methoxy groups -OCH3 is 2. The van der Waals surface area contributed by atoms with Crippen LogP contribution in [-0.4, -0.2) is 31.7 Å². The average Bonchev–Trinajstić information content (AvgIpc) is 2.74. The molecule has 1 aromatic heterocycles. The van der Waals surface area contributed by atoms with Crippen LogP contribution in [0.4, 0.5) is 17.2 Å². The molecule has 3 aromatic rings. The highest BCUT2D eigenvalue weighted by atomic mass is 16.5. The summed E-state index contributed by atoms with van der Waals surface area (Å²) in [6.07, 6.45) is 1.56. The Labute approximate surface area is 163 Å². The van der Waals surface area contributed by atoms with E-state index in [9.17, 15) is 4.79 Å². The van der Waals surface area contributed by atoms with Crippen LogP contribution in [-0.2, 0) is 4.79 Å². The molecule has 2 N–H and O–H groups in total. The van der Waals surface area contributed by atoms with Crippen LogP contribution in [0.3, 0.4) is 0 Å². The monoisotopic (exact) mass is 379 g/mol. The van der Waals surface area contributed by atoms with E-state index in [1.807, 2.05) is 36.4 Å². The summed E-state index contributed by atoms with van der Waals surface area (Å²) in [5.74, 6) is 2.34. The zero-order valence-corrected chi connectivity index (χ0v) is 15.6. The lowest BCUT2D eigenvalue weighted by Gasteiger charge is -2.12. The third kappa shape index (κ3) is 5.14. The van der Waals surface area contributed by atoms with Gasteiger partial charge in [0.2, 0.25) is 0 Å². The van der Waals surface area contributed by atoms with Crippen molar-refractivity contribution in [2.45, 2.75) is 0 Å². The summed E-state index contributed by atoms with van der Waals surface area (Å²) < 4.78 is 16.0. The molecule has 3 rings (SSSR count). The van der Waals surface area contributed by atoms with Crippen molar-refractivity contribution in [1.29, 1.82) is 0 Å². The third-order valence-electron chi connectivity index (χ3n) is 3.83. The van der Waals surface area contributed by atoms with Gasteiger partial charge in [0.25, 0.3) is 5.91 Å². The van der Waals surface area contributed by atoms with Gasteiger partial charge in [-0.15, -0.1) is 0 Å². The smallest absolute Gasteiger partial charge is 0.262 e. The van der Waals surface area contributed by atoms with Gasteiger partial charge in [0.15, 0.2) is 6.61 Å². The predicted molar refractivity (Wildman–Crippen MR) is 108 cm³/mol. The summed E-state index contributed by atoms with van der Waals surface area (Å²) in [5, 5.41) is 5.92. The molecule has 0 aliphatic rings. The highest BCUT2D eigenvalue weighted by molar-refractivity contribution is 5.91. The minimum absolute atomic E-state index is 0.0783. The van der Waals surface area contributed by atoms with Crippen LogP contribution < -0.4 is 24.8 Å². The van der Waals surface area contributed by atoms with Crippen LogP contribution in [0.25, 0.3) is 0 Å². The van der Waals surface area contributed by atoms with E-state index in [0.29, 0.717) is 28.8 Å². The molecule has 0 aliphatic heterocycles. The molecular weight excluding hydrogens is 358 g/mol. The lowest BCUT2D eigenvalue weighted by molar-refractivity contribution is -0.118. The van der Waals surface area contributed by atoms with Gasteiger partial charge in [-0.2, -0.15) is 0 Å². The molecule has 1 heterocycles. The standard InChI is InChI=1S/C21H21N3O4/c1-26-17-9-10-19(27-2)18(12-17)24-20-11-8-15(13-22-20)23-21(25)14-28-16-6-4-3-5-7-16/h3-13H,14H2,1-2H3,(H,22,24)(H,23,25). The van der Waals surface area contributed by atoms with Gasteiger partial charge in [0.1, 0.15) is 23.1 Å². The largest absolute Gasteiger partial charge is 0.497 e. The number of carbonyl (C=O) groups is 1. The average molecular weight is 379 g/mol. The van der Waals surface area contributed by atoms with E-state index in [-0.39, 0.29) is 12.5 Å². The number of rotatable bonds is 8. The van der Waals surface area contributed by atoms with Gasteiger partial charge in [-0.05, 0) is 36.4 Å². The van der Waals surface area contributed by atoms with Gasteiger partial charge < -0.3 is 24.8 Å². The van der Waals surface area contributed by atoms with Crippen molar-refractivity contribution in [3.63, 3.8) is 0 Å². The number of pyridine rings is 1. The summed E-state index contributed by atoms with van der Waals surface area (Å²) in [7, 11) is 3.19. The first-order valence-corrected chi connectivity index (χ1v) is 8.61. The summed E-state index contributed by atoms with van der Waals surface area (Å²) in [5.41, 5.74) is 1.30. The van der Waals surface area contributed by atoms with Gasteiger partial charge in [0, 0.05) is 6.07 Å². The second-order valence-corrected chi connectivity index (χ2v) is 5.77. The molecule has 0 bridgehead atoms. The summed E-state index contributed by atoms with van der Waals surface area (Å²) in [4.78, 5) is 16.3. The van der Waals surface area contributed by atoms with Crippen LogP contribution in [0, 0.1) is 0 Å². The fourth-order valence-electron chi connectivity index (χ4n) is 2.45. The molecule has 0 spiro atoms. The second-order valence-electron chi connectivity index (χ2n) is 5.77. The number of para-hydroxylation sites is 1. The van der Waals surface area contributed by atoms with E-state index in [0.717, 1.165) is 5.69 Å². The van der Waals surface area contributed by atoms with Crippen LogP contribution in [0.5, 0.6) is 17.2 Å². The number of benzene rings is 2. The molecule has 28 heavy (non-hydrogen) atoms. The minimum atomic E-state index is -0.263. The van der Waals surface area contributed by atoms with E-state index in [2.05, 4.69) is 15.6 Å². The Morgan fingerprint density at radius 2 is 1.79 bits per heavy atom. The van der Waals surface area contributed by atoms with E-state index in [1.54, 1.807) is 44.7 Å². The van der Waals surface area contributed by atoms with Crippen LogP contribution in [0.15, 0.2) is 66.9 Å². The van der Waals surface area contributed by atoms with Crippen molar-refractivity contribution in [2.24, 2.45) is 0 Å². The van der Waals surface area contributed by atoms with Gasteiger partial charge in [-0.25, -0.2) is 4.98 Å². The first-order chi connectivity index (χ1) is 13.7. The van der Waals surface area contributed by atoms with E-state index in [4.69, 9.17) is 14.2 Å². The normalized spacial score (nSPS) is 10.1. The molecule has 7 heteroatoms. The van der Waals surface area contributed by atoms with Crippen molar-refractivity contribution >= 4 is 23.1 Å². The van der Waals surface area contributed by atoms with Gasteiger partial charge in [0.05, 0.1) is 31.8 Å². The maximum atomic E-state index is 12.0. The van der Waals surface area contributed by atoms with E-state index < -0.39 is 0 Å². The van der Waals surface area contributed by atoms with Crippen molar-refractivity contribution < 1.29 is 19.0 Å². The quantitative estimate of drug-likeness (QED) is 0.619. The summed E-state index contributed by atoms with van der Waals surface area (Å²) in [6.45, 7) is -0.0783. The Balaban J connectivity index is 1.58. The van der Waals surface area contributed by atoms with E-state index >= 15 is 0 Å². The molecule has 7 nitrogen and oxygen atoms in total.